The van der Waals surface area contributed by atoms with Crippen molar-refractivity contribution in [2.45, 2.75) is 45.3 Å². The smallest absolute Gasteiger partial charge is 0.237 e. The fourth-order valence-electron chi connectivity index (χ4n) is 1.56. The Labute approximate surface area is 97.6 Å². The molecule has 0 aliphatic carbocycles. The molecule has 16 heavy (non-hydrogen) atoms. The van der Waals surface area contributed by atoms with E-state index in [1.54, 1.807) is 0 Å². The van der Waals surface area contributed by atoms with Crippen molar-refractivity contribution in [2.24, 2.45) is 11.7 Å². The Morgan fingerprint density at radius 3 is 2.50 bits per heavy atom. The van der Waals surface area contributed by atoms with Gasteiger partial charge in [-0.05, 0) is 5.92 Å². The molecule has 0 bridgehead atoms. The third-order valence-electron chi connectivity index (χ3n) is 2.75. The molecule has 4 N–H and O–H groups in total. The number of aliphatic hydroxyl groups is 1. The van der Waals surface area contributed by atoms with Crippen LogP contribution in [0.25, 0.3) is 0 Å². The van der Waals surface area contributed by atoms with Gasteiger partial charge in [-0.15, -0.1) is 12.3 Å². The summed E-state index contributed by atoms with van der Waals surface area (Å²) < 4.78 is 0. The Morgan fingerprint density at radius 2 is 2.06 bits per heavy atom. The van der Waals surface area contributed by atoms with Crippen molar-refractivity contribution in [3.05, 3.63) is 0 Å². The number of nitrogens with one attached hydrogen (secondary N) is 1. The van der Waals surface area contributed by atoms with E-state index < -0.39 is 12.1 Å². The van der Waals surface area contributed by atoms with Crippen molar-refractivity contribution in [1.82, 2.24) is 5.32 Å². The maximum Gasteiger partial charge on any atom is 0.237 e. The molecule has 0 rings (SSSR count). The number of aliphatic hydroxyl groups excluding tert-OH is 1. The number of terminal acetylenes is 1. The van der Waals surface area contributed by atoms with Crippen molar-refractivity contribution in [1.29, 1.82) is 0 Å². The molecule has 0 aliphatic heterocycles. The molecule has 0 saturated carbocycles. The second-order valence-corrected chi connectivity index (χ2v) is 3.90. The van der Waals surface area contributed by atoms with Crippen LogP contribution in [0.3, 0.4) is 0 Å². The first-order chi connectivity index (χ1) is 7.56. The molecule has 0 spiro atoms. The van der Waals surface area contributed by atoms with Gasteiger partial charge in [-0.25, -0.2) is 0 Å². The molecule has 4 nitrogen and oxygen atoms in total. The highest BCUT2D eigenvalue weighted by molar-refractivity contribution is 5.81. The SMILES string of the molecule is C#CCC(N)C(=O)NCC(O)C(CC)CC. The van der Waals surface area contributed by atoms with E-state index in [-0.39, 0.29) is 24.8 Å². The largest absolute Gasteiger partial charge is 0.391 e. The summed E-state index contributed by atoms with van der Waals surface area (Å²) in [5.74, 6) is 2.24. The number of hydrogen-bond acceptors (Lipinski definition) is 3. The van der Waals surface area contributed by atoms with E-state index in [4.69, 9.17) is 12.2 Å². The monoisotopic (exact) mass is 226 g/mol. The van der Waals surface area contributed by atoms with E-state index in [9.17, 15) is 9.90 Å². The van der Waals surface area contributed by atoms with Crippen molar-refractivity contribution < 1.29 is 9.90 Å². The van der Waals surface area contributed by atoms with Crippen LogP contribution in [0.15, 0.2) is 0 Å². The zero-order chi connectivity index (χ0) is 12.6. The van der Waals surface area contributed by atoms with Crippen LogP contribution in [0.5, 0.6) is 0 Å². The number of nitrogens with two attached hydrogens (primary N) is 1. The molecule has 92 valence electrons. The second kappa shape index (κ2) is 8.14. The Morgan fingerprint density at radius 1 is 1.50 bits per heavy atom. The maximum atomic E-state index is 11.4. The first-order valence-corrected chi connectivity index (χ1v) is 5.71. The molecule has 0 radical (unpaired) electrons. The van der Waals surface area contributed by atoms with Crippen molar-refractivity contribution in [3.8, 4) is 12.3 Å². The first kappa shape index (κ1) is 14.9. The number of carbonyl (C=O) groups is 1. The molecular formula is C12H22N2O2. The van der Waals surface area contributed by atoms with Crippen LogP contribution in [0.1, 0.15) is 33.1 Å². The lowest BCUT2D eigenvalue weighted by atomic mass is 9.96. The molecule has 2 atom stereocenters. The topological polar surface area (TPSA) is 75.4 Å². The molecule has 0 saturated heterocycles. The summed E-state index contributed by atoms with van der Waals surface area (Å²) in [6.07, 6.45) is 6.54. The highest BCUT2D eigenvalue weighted by atomic mass is 16.3. The summed E-state index contributed by atoms with van der Waals surface area (Å²) in [5.41, 5.74) is 5.52. The van der Waals surface area contributed by atoms with Crippen LogP contribution < -0.4 is 11.1 Å². The van der Waals surface area contributed by atoms with Crippen molar-refractivity contribution >= 4 is 5.91 Å². The van der Waals surface area contributed by atoms with Gasteiger partial charge in [0.2, 0.25) is 5.91 Å². The predicted octanol–water partition coefficient (Wildman–Crippen LogP) is 0.250. The third kappa shape index (κ3) is 5.15. The molecule has 0 aliphatic rings. The summed E-state index contributed by atoms with van der Waals surface area (Å²) in [6, 6.07) is -0.682. The van der Waals surface area contributed by atoms with E-state index in [2.05, 4.69) is 11.2 Å². The van der Waals surface area contributed by atoms with Gasteiger partial charge < -0.3 is 16.2 Å². The molecule has 2 unspecified atom stereocenters. The Kier molecular flexibility index (Phi) is 7.61. The summed E-state index contributed by atoms with van der Waals surface area (Å²) in [7, 11) is 0. The average molecular weight is 226 g/mol. The molecule has 0 aromatic heterocycles. The maximum absolute atomic E-state index is 11.4. The van der Waals surface area contributed by atoms with Gasteiger partial charge in [0.15, 0.2) is 0 Å². The van der Waals surface area contributed by atoms with Gasteiger partial charge in [-0.3, -0.25) is 4.79 Å². The molecule has 4 heteroatoms. The Hall–Kier alpha value is -1.05. The van der Waals surface area contributed by atoms with Gasteiger partial charge in [0.25, 0.3) is 0 Å². The third-order valence-corrected chi connectivity index (χ3v) is 2.75. The van der Waals surface area contributed by atoms with Crippen LogP contribution in [-0.4, -0.2) is 29.7 Å². The van der Waals surface area contributed by atoms with Crippen molar-refractivity contribution in [2.75, 3.05) is 6.54 Å². The van der Waals surface area contributed by atoms with E-state index in [0.717, 1.165) is 12.8 Å². The Balaban J connectivity index is 3.96. The van der Waals surface area contributed by atoms with Crippen LogP contribution >= 0.6 is 0 Å². The van der Waals surface area contributed by atoms with Gasteiger partial charge in [0, 0.05) is 13.0 Å². The summed E-state index contributed by atoms with van der Waals surface area (Å²) in [5, 5.41) is 12.4. The fraction of sp³-hybridized carbons (Fsp3) is 0.750. The van der Waals surface area contributed by atoms with Crippen LogP contribution in [0, 0.1) is 18.3 Å². The first-order valence-electron chi connectivity index (χ1n) is 5.71. The second-order valence-electron chi connectivity index (χ2n) is 3.90. The minimum absolute atomic E-state index is 0.212. The van der Waals surface area contributed by atoms with Crippen molar-refractivity contribution in [3.63, 3.8) is 0 Å². The van der Waals surface area contributed by atoms with Gasteiger partial charge in [0.1, 0.15) is 0 Å². The number of amides is 1. The zero-order valence-electron chi connectivity index (χ0n) is 10.1. The quantitative estimate of drug-likeness (QED) is 0.545. The van der Waals surface area contributed by atoms with E-state index in [0.29, 0.717) is 0 Å². The number of carbonyl (C=O) groups excluding carboxylic acids is 1. The summed E-state index contributed by atoms with van der Waals surface area (Å²) in [4.78, 5) is 11.4. The van der Waals surface area contributed by atoms with Gasteiger partial charge in [0.05, 0.1) is 12.1 Å². The summed E-state index contributed by atoms with van der Waals surface area (Å²) in [6.45, 7) is 4.27. The molecule has 0 aromatic carbocycles. The van der Waals surface area contributed by atoms with Gasteiger partial charge >= 0.3 is 0 Å². The number of rotatable bonds is 7. The lowest BCUT2D eigenvalue weighted by Crippen LogP contribution is -2.44. The van der Waals surface area contributed by atoms with Crippen LogP contribution in [-0.2, 0) is 4.79 Å². The average Bonchev–Trinajstić information content (AvgIpc) is 2.27. The highest BCUT2D eigenvalue weighted by Gasteiger charge is 2.18. The van der Waals surface area contributed by atoms with Gasteiger partial charge in [-0.1, -0.05) is 26.7 Å². The summed E-state index contributed by atoms with van der Waals surface area (Å²) >= 11 is 0. The normalized spacial score (nSPS) is 14.2. The minimum Gasteiger partial charge on any atom is -0.391 e. The van der Waals surface area contributed by atoms with E-state index in [1.165, 1.54) is 0 Å². The lowest BCUT2D eigenvalue weighted by Gasteiger charge is -2.21. The zero-order valence-corrected chi connectivity index (χ0v) is 10.1. The van der Waals surface area contributed by atoms with E-state index >= 15 is 0 Å². The standard InChI is InChI=1S/C12H22N2O2/c1-4-7-10(13)12(16)14-8-11(15)9(5-2)6-3/h1,9-11,15H,5-8,13H2,2-3H3,(H,14,16). The molecule has 1 amide bonds. The lowest BCUT2D eigenvalue weighted by molar-refractivity contribution is -0.122. The molecule has 0 aromatic rings. The minimum atomic E-state index is -0.682. The van der Waals surface area contributed by atoms with E-state index in [1.807, 2.05) is 13.8 Å². The molecule has 0 fully saturated rings. The Bertz CT molecular complexity index is 244. The van der Waals surface area contributed by atoms with Crippen LogP contribution in [0.4, 0.5) is 0 Å². The highest BCUT2D eigenvalue weighted by Crippen LogP contribution is 2.12. The predicted molar refractivity (Wildman–Crippen MR) is 64.5 cm³/mol. The molecular weight excluding hydrogens is 204 g/mol. The van der Waals surface area contributed by atoms with Crippen LogP contribution in [0.2, 0.25) is 0 Å². The molecule has 0 heterocycles. The fourth-order valence-corrected chi connectivity index (χ4v) is 1.56. The number of hydrogen-bond donors (Lipinski definition) is 3. The van der Waals surface area contributed by atoms with Gasteiger partial charge in [-0.2, -0.15) is 0 Å².